The van der Waals surface area contributed by atoms with E-state index in [4.69, 9.17) is 14.2 Å². The zero-order valence-electron chi connectivity index (χ0n) is 52.2. The van der Waals surface area contributed by atoms with E-state index in [-0.39, 0.29) is 31.1 Å². The highest BCUT2D eigenvalue weighted by Gasteiger charge is 2.19. The monoisotopic (exact) mass is 1070 g/mol. The number of carbonyl (C=O) groups is 3. The maximum atomic E-state index is 12.9. The number of rotatable bonds is 65. The fourth-order valence-electron chi connectivity index (χ4n) is 11.0. The molecule has 0 N–H and O–H groups in total. The van der Waals surface area contributed by atoms with Crippen LogP contribution in [0.15, 0.2) is 0 Å². The van der Waals surface area contributed by atoms with Gasteiger partial charge in [-0.15, -0.1) is 0 Å². The average Bonchev–Trinajstić information content (AvgIpc) is 3.41. The summed E-state index contributed by atoms with van der Waals surface area (Å²) in [6, 6.07) is 0. The van der Waals surface area contributed by atoms with E-state index in [1.165, 1.54) is 302 Å². The average molecular weight is 1070 g/mol. The van der Waals surface area contributed by atoms with Gasteiger partial charge in [0.2, 0.25) is 0 Å². The molecule has 0 amide bonds. The first-order chi connectivity index (χ1) is 37.4. The van der Waals surface area contributed by atoms with E-state index in [0.717, 1.165) is 63.7 Å². The normalized spacial score (nSPS) is 12.0. The number of esters is 3. The predicted octanol–water partition coefficient (Wildman–Crippen LogP) is 23.7. The second-order valence-electron chi connectivity index (χ2n) is 24.6. The third-order valence-corrected chi connectivity index (χ3v) is 16.3. The Morgan fingerprint density at radius 1 is 0.250 bits per heavy atom. The molecule has 0 aliphatic rings. The quantitative estimate of drug-likeness (QED) is 0.0343. The molecule has 0 aromatic heterocycles. The number of ether oxygens (including phenoxy) is 3. The van der Waals surface area contributed by atoms with Crippen LogP contribution in [0.3, 0.4) is 0 Å². The molecule has 1 atom stereocenters. The molecular weight excluding hydrogens is 937 g/mol. The van der Waals surface area contributed by atoms with E-state index < -0.39 is 6.10 Å². The molecule has 0 aromatic carbocycles. The standard InChI is InChI=1S/C70H136O6/c1-5-7-9-11-13-15-17-19-21-23-25-30-33-37-41-45-49-53-57-61-68(71)74-64-67(76-70(73)63-59-55-51-47-43-39-35-29-24-22-20-18-16-14-12-10-8-6-2)65-75-69(72)62-58-54-50-46-42-38-34-31-27-26-28-32-36-40-44-48-52-56-60-66(3)4/h66-67H,5-65H2,1-4H3/t67-/m0/s1. The zero-order valence-corrected chi connectivity index (χ0v) is 52.2. The molecule has 0 saturated heterocycles. The molecular formula is C70H136O6. The van der Waals surface area contributed by atoms with Gasteiger partial charge in [-0.25, -0.2) is 0 Å². The SMILES string of the molecule is CCCCCCCCCCCCCCCCCCCCCC(=O)OC[C@@H](COC(=O)CCCCCCCCCCCCCCCCCCCCC(C)C)OC(=O)CCCCCCCCCCCCCCCCCCCC. The Morgan fingerprint density at radius 2 is 0.434 bits per heavy atom. The second kappa shape index (κ2) is 64.2. The molecule has 0 aromatic rings. The first kappa shape index (κ1) is 74.4. The molecule has 0 saturated carbocycles. The minimum Gasteiger partial charge on any atom is -0.462 e. The van der Waals surface area contributed by atoms with Crippen LogP contribution in [0.2, 0.25) is 0 Å². The van der Waals surface area contributed by atoms with Gasteiger partial charge in [-0.3, -0.25) is 14.4 Å². The molecule has 0 rings (SSSR count). The van der Waals surface area contributed by atoms with Gasteiger partial charge in [-0.1, -0.05) is 368 Å². The van der Waals surface area contributed by atoms with Gasteiger partial charge in [0.25, 0.3) is 0 Å². The van der Waals surface area contributed by atoms with E-state index in [9.17, 15) is 14.4 Å². The highest BCUT2D eigenvalue weighted by molar-refractivity contribution is 5.71. The van der Waals surface area contributed by atoms with Crippen LogP contribution < -0.4 is 0 Å². The fourth-order valence-corrected chi connectivity index (χ4v) is 11.0. The summed E-state index contributed by atoms with van der Waals surface area (Å²) in [6.07, 6.45) is 74.0. The molecule has 0 aliphatic carbocycles. The van der Waals surface area contributed by atoms with Crippen molar-refractivity contribution in [2.24, 2.45) is 5.92 Å². The molecule has 0 bridgehead atoms. The summed E-state index contributed by atoms with van der Waals surface area (Å²) in [5.41, 5.74) is 0. The van der Waals surface area contributed by atoms with Crippen molar-refractivity contribution in [3.63, 3.8) is 0 Å². The number of unbranched alkanes of at least 4 members (excludes halogenated alkanes) is 52. The number of carbonyl (C=O) groups excluding carboxylic acids is 3. The van der Waals surface area contributed by atoms with Gasteiger partial charge < -0.3 is 14.2 Å². The van der Waals surface area contributed by atoms with E-state index in [1.54, 1.807) is 0 Å². The third-order valence-electron chi connectivity index (χ3n) is 16.3. The van der Waals surface area contributed by atoms with Crippen LogP contribution in [0, 0.1) is 5.92 Å². The highest BCUT2D eigenvalue weighted by atomic mass is 16.6. The number of hydrogen-bond donors (Lipinski definition) is 0. The lowest BCUT2D eigenvalue weighted by molar-refractivity contribution is -0.167. The Bertz CT molecular complexity index is 1150. The second-order valence-corrected chi connectivity index (χ2v) is 24.6. The van der Waals surface area contributed by atoms with Crippen LogP contribution in [0.4, 0.5) is 0 Å². The molecule has 6 heteroatoms. The van der Waals surface area contributed by atoms with Crippen LogP contribution in [0.25, 0.3) is 0 Å². The lowest BCUT2D eigenvalue weighted by atomic mass is 10.0. The topological polar surface area (TPSA) is 78.9 Å². The van der Waals surface area contributed by atoms with Gasteiger partial charge in [0, 0.05) is 19.3 Å². The molecule has 0 radical (unpaired) electrons. The van der Waals surface area contributed by atoms with Crippen molar-refractivity contribution in [3.05, 3.63) is 0 Å². The number of hydrogen-bond acceptors (Lipinski definition) is 6. The van der Waals surface area contributed by atoms with Crippen molar-refractivity contribution in [3.8, 4) is 0 Å². The van der Waals surface area contributed by atoms with Crippen molar-refractivity contribution in [1.29, 1.82) is 0 Å². The van der Waals surface area contributed by atoms with Crippen LogP contribution in [-0.2, 0) is 28.6 Å². The largest absolute Gasteiger partial charge is 0.462 e. The Morgan fingerprint density at radius 3 is 0.645 bits per heavy atom. The minimum absolute atomic E-state index is 0.0605. The predicted molar refractivity (Wildman–Crippen MR) is 330 cm³/mol. The maximum Gasteiger partial charge on any atom is 0.306 e. The summed E-state index contributed by atoms with van der Waals surface area (Å²) >= 11 is 0. The molecule has 0 aliphatic heterocycles. The van der Waals surface area contributed by atoms with Gasteiger partial charge in [0.1, 0.15) is 13.2 Å². The zero-order chi connectivity index (χ0) is 55.1. The molecule has 0 unspecified atom stereocenters. The van der Waals surface area contributed by atoms with Crippen molar-refractivity contribution in [1.82, 2.24) is 0 Å². The van der Waals surface area contributed by atoms with Crippen molar-refractivity contribution >= 4 is 17.9 Å². The van der Waals surface area contributed by atoms with E-state index in [1.807, 2.05) is 0 Å². The van der Waals surface area contributed by atoms with Crippen molar-refractivity contribution in [2.75, 3.05) is 13.2 Å². The minimum atomic E-state index is -0.764. The van der Waals surface area contributed by atoms with Crippen molar-refractivity contribution < 1.29 is 28.6 Å². The summed E-state index contributed by atoms with van der Waals surface area (Å²) in [4.78, 5) is 38.4. The van der Waals surface area contributed by atoms with Gasteiger partial charge in [-0.05, 0) is 25.2 Å². The van der Waals surface area contributed by atoms with Crippen LogP contribution in [0.5, 0.6) is 0 Å². The molecule has 452 valence electrons. The molecule has 0 heterocycles. The van der Waals surface area contributed by atoms with Crippen LogP contribution in [-0.4, -0.2) is 37.2 Å². The smallest absolute Gasteiger partial charge is 0.306 e. The van der Waals surface area contributed by atoms with E-state index in [2.05, 4.69) is 27.7 Å². The fraction of sp³-hybridized carbons (Fsp3) is 0.957. The first-order valence-electron chi connectivity index (χ1n) is 34.9. The summed E-state index contributed by atoms with van der Waals surface area (Å²) in [6.45, 7) is 9.12. The Balaban J connectivity index is 4.27. The van der Waals surface area contributed by atoms with Gasteiger partial charge >= 0.3 is 17.9 Å². The lowest BCUT2D eigenvalue weighted by Crippen LogP contribution is -2.30. The summed E-state index contributed by atoms with van der Waals surface area (Å²) < 4.78 is 17.0. The Kier molecular flexibility index (Phi) is 62.9. The van der Waals surface area contributed by atoms with Crippen LogP contribution >= 0.6 is 0 Å². The van der Waals surface area contributed by atoms with Gasteiger partial charge in [-0.2, -0.15) is 0 Å². The van der Waals surface area contributed by atoms with Crippen LogP contribution in [0.1, 0.15) is 407 Å². The Labute approximate surface area is 476 Å². The Hall–Kier alpha value is -1.59. The maximum absolute atomic E-state index is 12.9. The van der Waals surface area contributed by atoms with Gasteiger partial charge in [0.15, 0.2) is 6.10 Å². The molecule has 0 spiro atoms. The summed E-state index contributed by atoms with van der Waals surface area (Å²) in [7, 11) is 0. The van der Waals surface area contributed by atoms with Crippen molar-refractivity contribution in [2.45, 2.75) is 413 Å². The van der Waals surface area contributed by atoms with E-state index >= 15 is 0 Å². The van der Waals surface area contributed by atoms with E-state index in [0.29, 0.717) is 19.3 Å². The molecule has 6 nitrogen and oxygen atoms in total. The lowest BCUT2D eigenvalue weighted by Gasteiger charge is -2.18. The summed E-state index contributed by atoms with van der Waals surface area (Å²) in [5.74, 6) is 0.0386. The molecule has 0 fully saturated rings. The summed E-state index contributed by atoms with van der Waals surface area (Å²) in [5, 5.41) is 0. The third kappa shape index (κ3) is 63.2. The first-order valence-corrected chi connectivity index (χ1v) is 34.9. The molecule has 76 heavy (non-hydrogen) atoms. The highest BCUT2D eigenvalue weighted by Crippen LogP contribution is 2.19. The van der Waals surface area contributed by atoms with Gasteiger partial charge in [0.05, 0.1) is 0 Å².